The van der Waals surface area contributed by atoms with E-state index in [9.17, 15) is 0 Å². The molecule has 2 aliphatic heterocycles. The Morgan fingerprint density at radius 1 is 1.26 bits per heavy atom. The number of rotatable bonds is 1. The summed E-state index contributed by atoms with van der Waals surface area (Å²) < 4.78 is 6.06. The molecule has 0 amide bonds. The van der Waals surface area contributed by atoms with Gasteiger partial charge in [0.15, 0.2) is 5.69 Å². The first-order valence-electron chi connectivity index (χ1n) is 6.92. The molecule has 0 radical (unpaired) electrons. The number of hydrogen-bond acceptors (Lipinski definition) is 5. The van der Waals surface area contributed by atoms with Crippen LogP contribution in [0.15, 0.2) is 12.4 Å². The van der Waals surface area contributed by atoms with Crippen LogP contribution in [0, 0.1) is 11.3 Å². The molecule has 100 valence electrons. The molecule has 2 saturated heterocycles. The summed E-state index contributed by atoms with van der Waals surface area (Å²) in [6.45, 7) is 2.71. The van der Waals surface area contributed by atoms with Gasteiger partial charge in [-0.15, -0.1) is 0 Å². The number of nitriles is 1. The fourth-order valence-corrected chi connectivity index (χ4v) is 3.09. The lowest BCUT2D eigenvalue weighted by Crippen LogP contribution is -2.51. The fraction of sp³-hybridized carbons (Fsp3) is 0.643. The van der Waals surface area contributed by atoms with Crippen LogP contribution in [0.3, 0.4) is 0 Å². The minimum absolute atomic E-state index is 0.000821. The molecule has 0 aromatic carbocycles. The molecular formula is C14H18N4O. The van der Waals surface area contributed by atoms with Gasteiger partial charge in [-0.2, -0.15) is 5.26 Å². The second-order valence-corrected chi connectivity index (χ2v) is 5.39. The monoisotopic (exact) mass is 258 g/mol. The highest BCUT2D eigenvalue weighted by molar-refractivity contribution is 5.39. The third-order valence-electron chi connectivity index (χ3n) is 4.03. The maximum absolute atomic E-state index is 8.91. The summed E-state index contributed by atoms with van der Waals surface area (Å²) in [5.41, 5.74) is 0.377. The molecule has 3 rings (SSSR count). The second-order valence-electron chi connectivity index (χ2n) is 5.39. The van der Waals surface area contributed by atoms with Crippen molar-refractivity contribution in [3.63, 3.8) is 0 Å². The van der Waals surface area contributed by atoms with Crippen molar-refractivity contribution >= 4 is 5.82 Å². The molecule has 2 aliphatic rings. The fourth-order valence-electron chi connectivity index (χ4n) is 3.09. The van der Waals surface area contributed by atoms with Crippen molar-refractivity contribution in [2.45, 2.75) is 37.7 Å². The highest BCUT2D eigenvalue weighted by atomic mass is 16.5. The number of hydrogen-bond donors (Lipinski definition) is 0. The molecule has 0 N–H and O–H groups in total. The Morgan fingerprint density at radius 2 is 2.16 bits per heavy atom. The van der Waals surface area contributed by atoms with Crippen molar-refractivity contribution in [3.05, 3.63) is 18.1 Å². The highest BCUT2D eigenvalue weighted by Gasteiger charge is 2.38. The largest absolute Gasteiger partial charge is 0.373 e. The van der Waals surface area contributed by atoms with E-state index < -0.39 is 0 Å². The van der Waals surface area contributed by atoms with Crippen molar-refractivity contribution in [1.82, 2.24) is 9.97 Å². The molecule has 3 heterocycles. The van der Waals surface area contributed by atoms with E-state index in [1.54, 1.807) is 6.20 Å². The number of piperidine rings is 1. The number of ether oxygens (including phenoxy) is 1. The topological polar surface area (TPSA) is 62.0 Å². The highest BCUT2D eigenvalue weighted by Crippen LogP contribution is 2.34. The second kappa shape index (κ2) is 5.14. The average molecular weight is 258 g/mol. The van der Waals surface area contributed by atoms with Gasteiger partial charge in [0.1, 0.15) is 11.9 Å². The molecule has 19 heavy (non-hydrogen) atoms. The van der Waals surface area contributed by atoms with Gasteiger partial charge in [-0.25, -0.2) is 4.98 Å². The van der Waals surface area contributed by atoms with E-state index >= 15 is 0 Å². The lowest BCUT2D eigenvalue weighted by molar-refractivity contribution is -0.0847. The Hall–Kier alpha value is -1.67. The van der Waals surface area contributed by atoms with Crippen LogP contribution in [-0.4, -0.2) is 35.3 Å². The van der Waals surface area contributed by atoms with Gasteiger partial charge in [0.05, 0.1) is 18.0 Å². The Labute approximate surface area is 113 Å². The number of anilines is 1. The van der Waals surface area contributed by atoms with Crippen LogP contribution >= 0.6 is 0 Å². The molecule has 0 bridgehead atoms. The summed E-state index contributed by atoms with van der Waals surface area (Å²) in [7, 11) is 0. The average Bonchev–Trinajstić information content (AvgIpc) is 2.48. The van der Waals surface area contributed by atoms with Gasteiger partial charge in [0.25, 0.3) is 0 Å². The van der Waals surface area contributed by atoms with E-state index in [1.807, 2.05) is 6.07 Å². The molecule has 0 saturated carbocycles. The van der Waals surface area contributed by atoms with Crippen molar-refractivity contribution in [3.8, 4) is 6.07 Å². The molecule has 5 heteroatoms. The molecule has 0 aliphatic carbocycles. The summed E-state index contributed by atoms with van der Waals surface area (Å²) in [4.78, 5) is 10.6. The lowest BCUT2D eigenvalue weighted by atomic mass is 9.86. The van der Waals surface area contributed by atoms with Crippen LogP contribution < -0.4 is 4.90 Å². The van der Waals surface area contributed by atoms with Crippen LogP contribution in [0.5, 0.6) is 0 Å². The van der Waals surface area contributed by atoms with Crippen LogP contribution in [0.25, 0.3) is 0 Å². The zero-order chi connectivity index (χ0) is 13.1. The summed E-state index contributed by atoms with van der Waals surface area (Å²) in [5.74, 6) is 0.798. The normalized spacial score (nSPS) is 27.2. The summed E-state index contributed by atoms with van der Waals surface area (Å²) >= 11 is 0. The van der Waals surface area contributed by atoms with E-state index in [4.69, 9.17) is 10.00 Å². The van der Waals surface area contributed by atoms with Crippen molar-refractivity contribution in [1.29, 1.82) is 5.26 Å². The Balaban J connectivity index is 1.79. The first-order valence-corrected chi connectivity index (χ1v) is 6.92. The van der Waals surface area contributed by atoms with Gasteiger partial charge in [0, 0.05) is 19.7 Å². The molecular weight excluding hydrogens is 240 g/mol. The summed E-state index contributed by atoms with van der Waals surface area (Å²) in [6.07, 6.45) is 9.04. The van der Waals surface area contributed by atoms with Gasteiger partial charge >= 0.3 is 0 Å². The minimum atomic E-state index is 0.000821. The smallest absolute Gasteiger partial charge is 0.161 e. The molecule has 1 unspecified atom stereocenters. The van der Waals surface area contributed by atoms with Crippen molar-refractivity contribution in [2.75, 3.05) is 24.6 Å². The molecule has 5 nitrogen and oxygen atoms in total. The first kappa shape index (κ1) is 12.4. The van der Waals surface area contributed by atoms with Crippen LogP contribution in [-0.2, 0) is 4.74 Å². The van der Waals surface area contributed by atoms with E-state index in [0.29, 0.717) is 5.69 Å². The molecule has 1 spiro atoms. The van der Waals surface area contributed by atoms with Crippen molar-refractivity contribution < 1.29 is 4.74 Å². The zero-order valence-corrected chi connectivity index (χ0v) is 11.0. The van der Waals surface area contributed by atoms with Gasteiger partial charge in [0.2, 0.25) is 0 Å². The molecule has 2 fully saturated rings. The summed E-state index contributed by atoms with van der Waals surface area (Å²) in [6, 6.07) is 2.05. The SMILES string of the molecule is N#Cc1cncc(N2CCCC3(CCCCO3)C2)n1. The van der Waals surface area contributed by atoms with E-state index in [1.165, 1.54) is 19.0 Å². The Bertz CT molecular complexity index is 485. The standard InChI is InChI=1S/C14H18N4O/c15-8-12-9-16-10-13(17-12)18-6-3-5-14(11-18)4-1-2-7-19-14/h9-10H,1-7,11H2. The predicted molar refractivity (Wildman–Crippen MR) is 70.7 cm³/mol. The van der Waals surface area contributed by atoms with Gasteiger partial charge in [-0.1, -0.05) is 0 Å². The van der Waals surface area contributed by atoms with Crippen LogP contribution in [0.4, 0.5) is 5.82 Å². The van der Waals surface area contributed by atoms with Gasteiger partial charge in [-0.05, 0) is 32.1 Å². The third-order valence-corrected chi connectivity index (χ3v) is 4.03. The number of aromatic nitrogens is 2. The van der Waals surface area contributed by atoms with Crippen molar-refractivity contribution in [2.24, 2.45) is 0 Å². The Kier molecular flexibility index (Phi) is 3.34. The minimum Gasteiger partial charge on any atom is -0.373 e. The number of nitrogens with zero attached hydrogens (tertiary/aromatic N) is 4. The molecule has 1 atom stereocenters. The Morgan fingerprint density at radius 3 is 2.95 bits per heavy atom. The van der Waals surface area contributed by atoms with Crippen LogP contribution in [0.2, 0.25) is 0 Å². The van der Waals surface area contributed by atoms with Gasteiger partial charge in [-0.3, -0.25) is 4.98 Å². The van der Waals surface area contributed by atoms with Gasteiger partial charge < -0.3 is 9.64 Å². The van der Waals surface area contributed by atoms with Crippen LogP contribution in [0.1, 0.15) is 37.8 Å². The predicted octanol–water partition coefficient (Wildman–Crippen LogP) is 1.89. The molecule has 1 aromatic rings. The third kappa shape index (κ3) is 2.54. The summed E-state index contributed by atoms with van der Waals surface area (Å²) in [5, 5.41) is 8.91. The first-order chi connectivity index (χ1) is 9.31. The molecule has 1 aromatic heterocycles. The zero-order valence-electron chi connectivity index (χ0n) is 11.0. The van der Waals surface area contributed by atoms with E-state index in [-0.39, 0.29) is 5.60 Å². The maximum atomic E-state index is 8.91. The lowest BCUT2D eigenvalue weighted by Gasteiger charge is -2.45. The maximum Gasteiger partial charge on any atom is 0.161 e. The van der Waals surface area contributed by atoms with E-state index in [0.717, 1.165) is 44.8 Å². The quantitative estimate of drug-likeness (QED) is 0.769. The van der Waals surface area contributed by atoms with E-state index in [2.05, 4.69) is 14.9 Å².